The number of halogens is 3. The maximum absolute atomic E-state index is 12.4. The lowest BCUT2D eigenvalue weighted by molar-refractivity contribution is -0.140. The predicted octanol–water partition coefficient (Wildman–Crippen LogP) is 1.88. The molecule has 8 heteroatoms. The lowest BCUT2D eigenvalue weighted by Crippen LogP contribution is -2.36. The Hall–Kier alpha value is -1.31. The van der Waals surface area contributed by atoms with Gasteiger partial charge in [0, 0.05) is 18.5 Å². The van der Waals surface area contributed by atoms with Crippen molar-refractivity contribution in [3.8, 4) is 0 Å². The molecule has 18 heavy (non-hydrogen) atoms. The molecule has 1 amide bonds. The summed E-state index contributed by atoms with van der Waals surface area (Å²) in [6, 6.07) is 0.243. The van der Waals surface area contributed by atoms with E-state index in [4.69, 9.17) is 0 Å². The van der Waals surface area contributed by atoms with Crippen molar-refractivity contribution in [3.63, 3.8) is 0 Å². The molecule has 0 aromatic carbocycles. The summed E-state index contributed by atoms with van der Waals surface area (Å²) >= 11 is 0.876. The normalized spacial score (nSPS) is 15.6. The van der Waals surface area contributed by atoms with E-state index < -0.39 is 11.9 Å². The minimum Gasteiger partial charge on any atom is -0.352 e. The zero-order valence-corrected chi connectivity index (χ0v) is 10.4. The van der Waals surface area contributed by atoms with Crippen molar-refractivity contribution in [2.45, 2.75) is 25.1 Å². The van der Waals surface area contributed by atoms with E-state index in [-0.39, 0.29) is 23.6 Å². The number of hydrogen-bond donors (Lipinski definition) is 1. The van der Waals surface area contributed by atoms with Gasteiger partial charge in [-0.2, -0.15) is 13.2 Å². The Kier molecular flexibility index (Phi) is 3.47. The molecule has 0 bridgehead atoms. The van der Waals surface area contributed by atoms with Gasteiger partial charge in [0.25, 0.3) is 0 Å². The number of alkyl halides is 3. The van der Waals surface area contributed by atoms with Crippen LogP contribution in [0.3, 0.4) is 0 Å². The highest BCUT2D eigenvalue weighted by molar-refractivity contribution is 7.13. The Morgan fingerprint density at radius 2 is 2.28 bits per heavy atom. The van der Waals surface area contributed by atoms with Gasteiger partial charge in [0.2, 0.25) is 5.91 Å². The number of nitrogens with zero attached hydrogens (tertiary/aromatic N) is 2. The molecule has 1 aromatic heterocycles. The molecule has 0 spiro atoms. The van der Waals surface area contributed by atoms with Crippen LogP contribution in [0.5, 0.6) is 0 Å². The van der Waals surface area contributed by atoms with Crippen LogP contribution in [-0.4, -0.2) is 30.5 Å². The predicted molar refractivity (Wildman–Crippen MR) is 61.6 cm³/mol. The summed E-state index contributed by atoms with van der Waals surface area (Å²) < 4.78 is 37.1. The minimum absolute atomic E-state index is 0.0152. The SMILES string of the molecule is CN(CC(=O)NC1CC1)c1nc(C(F)(F)F)cs1. The summed E-state index contributed by atoms with van der Waals surface area (Å²) in [5.41, 5.74) is -0.919. The summed E-state index contributed by atoms with van der Waals surface area (Å²) in [4.78, 5) is 16.4. The molecule has 1 aliphatic rings. The first-order chi connectivity index (χ1) is 8.36. The molecule has 0 saturated heterocycles. The molecular weight excluding hydrogens is 267 g/mol. The molecule has 1 saturated carbocycles. The van der Waals surface area contributed by atoms with Crippen molar-refractivity contribution >= 4 is 22.4 Å². The Labute approximate surface area is 106 Å². The number of amides is 1. The minimum atomic E-state index is -4.44. The van der Waals surface area contributed by atoms with Gasteiger partial charge in [-0.05, 0) is 12.8 Å². The van der Waals surface area contributed by atoms with Gasteiger partial charge in [0.15, 0.2) is 10.8 Å². The molecule has 1 N–H and O–H groups in total. The molecule has 1 heterocycles. The highest BCUT2D eigenvalue weighted by atomic mass is 32.1. The van der Waals surface area contributed by atoms with Crippen LogP contribution in [0, 0.1) is 0 Å². The third-order valence-electron chi connectivity index (χ3n) is 2.43. The Balaban J connectivity index is 1.93. The van der Waals surface area contributed by atoms with Gasteiger partial charge in [-0.1, -0.05) is 0 Å². The van der Waals surface area contributed by atoms with Crippen molar-refractivity contribution in [2.75, 3.05) is 18.5 Å². The van der Waals surface area contributed by atoms with E-state index in [0.29, 0.717) is 0 Å². The molecule has 1 fully saturated rings. The van der Waals surface area contributed by atoms with E-state index in [1.54, 1.807) is 7.05 Å². The summed E-state index contributed by atoms with van der Waals surface area (Å²) in [5, 5.41) is 3.90. The topological polar surface area (TPSA) is 45.2 Å². The Morgan fingerprint density at radius 1 is 1.61 bits per heavy atom. The van der Waals surface area contributed by atoms with E-state index in [2.05, 4.69) is 10.3 Å². The van der Waals surface area contributed by atoms with Crippen LogP contribution in [-0.2, 0) is 11.0 Å². The van der Waals surface area contributed by atoms with Crippen molar-refractivity contribution in [1.29, 1.82) is 0 Å². The second kappa shape index (κ2) is 4.75. The second-order valence-corrected chi connectivity index (χ2v) is 5.05. The monoisotopic (exact) mass is 279 g/mol. The van der Waals surface area contributed by atoms with Crippen LogP contribution in [0.4, 0.5) is 18.3 Å². The fourth-order valence-electron chi connectivity index (χ4n) is 1.35. The van der Waals surface area contributed by atoms with Crippen LogP contribution in [0.25, 0.3) is 0 Å². The second-order valence-electron chi connectivity index (χ2n) is 4.21. The molecule has 1 aromatic rings. The lowest BCUT2D eigenvalue weighted by atomic mass is 10.5. The molecule has 4 nitrogen and oxygen atoms in total. The van der Waals surface area contributed by atoms with E-state index in [1.807, 2.05) is 0 Å². The fraction of sp³-hybridized carbons (Fsp3) is 0.600. The summed E-state index contributed by atoms with van der Waals surface area (Å²) in [7, 11) is 1.55. The summed E-state index contributed by atoms with van der Waals surface area (Å²) in [6.45, 7) is 0.0152. The number of rotatable bonds is 4. The first kappa shape index (κ1) is 13.1. The lowest BCUT2D eigenvalue weighted by Gasteiger charge is -2.15. The number of carbonyl (C=O) groups excluding carboxylic acids is 1. The van der Waals surface area contributed by atoms with Crippen LogP contribution < -0.4 is 10.2 Å². The van der Waals surface area contributed by atoms with Crippen molar-refractivity contribution in [1.82, 2.24) is 10.3 Å². The van der Waals surface area contributed by atoms with Crippen molar-refractivity contribution in [2.24, 2.45) is 0 Å². The fourth-order valence-corrected chi connectivity index (χ4v) is 2.15. The van der Waals surface area contributed by atoms with E-state index >= 15 is 0 Å². The molecule has 1 aliphatic carbocycles. The first-order valence-corrected chi connectivity index (χ1v) is 6.27. The molecular formula is C10H12F3N3OS. The number of aromatic nitrogens is 1. The smallest absolute Gasteiger partial charge is 0.352 e. The molecule has 0 atom stereocenters. The van der Waals surface area contributed by atoms with Crippen LogP contribution in [0.2, 0.25) is 0 Å². The molecule has 0 radical (unpaired) electrons. The molecule has 0 aliphatic heterocycles. The van der Waals surface area contributed by atoms with E-state index in [0.717, 1.165) is 29.6 Å². The summed E-state index contributed by atoms with van der Waals surface area (Å²) in [5.74, 6) is -0.191. The van der Waals surface area contributed by atoms with E-state index in [1.165, 1.54) is 4.90 Å². The van der Waals surface area contributed by atoms with Gasteiger partial charge < -0.3 is 10.2 Å². The standard InChI is InChI=1S/C10H12F3N3OS/c1-16(4-8(17)14-6-2-3-6)9-15-7(5-18-9)10(11,12)13/h5-6H,2-4H2,1H3,(H,14,17). The largest absolute Gasteiger partial charge is 0.434 e. The molecule has 2 rings (SSSR count). The van der Waals surface area contributed by atoms with Gasteiger partial charge in [0.05, 0.1) is 6.54 Å². The van der Waals surface area contributed by atoms with Crippen LogP contribution in [0.1, 0.15) is 18.5 Å². The van der Waals surface area contributed by atoms with Crippen LogP contribution >= 0.6 is 11.3 Å². The van der Waals surface area contributed by atoms with E-state index in [9.17, 15) is 18.0 Å². The Morgan fingerprint density at radius 3 is 2.78 bits per heavy atom. The number of carbonyl (C=O) groups is 1. The highest BCUT2D eigenvalue weighted by Crippen LogP contribution is 2.32. The van der Waals surface area contributed by atoms with Crippen molar-refractivity contribution in [3.05, 3.63) is 11.1 Å². The van der Waals surface area contributed by atoms with Gasteiger partial charge >= 0.3 is 6.18 Å². The number of thiazole rings is 1. The van der Waals surface area contributed by atoms with Crippen molar-refractivity contribution < 1.29 is 18.0 Å². The number of hydrogen-bond acceptors (Lipinski definition) is 4. The maximum Gasteiger partial charge on any atom is 0.434 e. The van der Waals surface area contributed by atoms with Gasteiger partial charge in [-0.3, -0.25) is 4.79 Å². The molecule has 100 valence electrons. The number of anilines is 1. The highest BCUT2D eigenvalue weighted by Gasteiger charge is 2.34. The average molecular weight is 279 g/mol. The maximum atomic E-state index is 12.4. The molecule has 0 unspecified atom stereocenters. The zero-order valence-electron chi connectivity index (χ0n) is 9.62. The third kappa shape index (κ3) is 3.34. The number of nitrogens with one attached hydrogen (secondary N) is 1. The Bertz CT molecular complexity index is 442. The van der Waals surface area contributed by atoms with Gasteiger partial charge in [-0.15, -0.1) is 11.3 Å². The first-order valence-electron chi connectivity index (χ1n) is 5.39. The average Bonchev–Trinajstić information content (AvgIpc) is 2.91. The quantitative estimate of drug-likeness (QED) is 0.915. The van der Waals surface area contributed by atoms with Gasteiger partial charge in [-0.25, -0.2) is 4.98 Å². The van der Waals surface area contributed by atoms with Crippen LogP contribution in [0.15, 0.2) is 5.38 Å². The third-order valence-corrected chi connectivity index (χ3v) is 3.39. The zero-order chi connectivity index (χ0) is 13.3. The van der Waals surface area contributed by atoms with Gasteiger partial charge in [0.1, 0.15) is 0 Å². The number of likely N-dealkylation sites (N-methyl/N-ethyl adjacent to an activating group) is 1. The summed E-state index contributed by atoms with van der Waals surface area (Å²) in [6.07, 6.45) is -2.48.